The topological polar surface area (TPSA) is 72.0 Å². The lowest BCUT2D eigenvalue weighted by Crippen LogP contribution is -2.24. The van der Waals surface area contributed by atoms with Crippen LogP contribution in [0.3, 0.4) is 0 Å². The van der Waals surface area contributed by atoms with Crippen molar-refractivity contribution in [3.63, 3.8) is 0 Å². The van der Waals surface area contributed by atoms with E-state index in [-0.39, 0.29) is 5.82 Å². The van der Waals surface area contributed by atoms with Crippen LogP contribution in [0.5, 0.6) is 0 Å². The SMILES string of the molecule is Cn1nccc1[C@@H](O)c1cc2n(n1)CCCN(c1ncccc1F)C2. The fourth-order valence-corrected chi connectivity index (χ4v) is 3.21. The van der Waals surface area contributed by atoms with E-state index in [0.717, 1.165) is 18.7 Å². The highest BCUT2D eigenvalue weighted by Crippen LogP contribution is 2.25. The van der Waals surface area contributed by atoms with Crippen molar-refractivity contribution in [3.05, 3.63) is 59.6 Å². The summed E-state index contributed by atoms with van der Waals surface area (Å²) in [6, 6.07) is 6.65. The first-order valence-electron chi connectivity index (χ1n) is 8.21. The molecule has 0 spiro atoms. The molecule has 8 heteroatoms. The second-order valence-electron chi connectivity index (χ2n) is 6.15. The Labute approximate surface area is 144 Å². The number of aryl methyl sites for hydroxylation is 2. The summed E-state index contributed by atoms with van der Waals surface area (Å²) < 4.78 is 17.6. The van der Waals surface area contributed by atoms with Gasteiger partial charge in [0, 0.05) is 32.5 Å². The molecule has 1 N–H and O–H groups in total. The maximum absolute atomic E-state index is 14.1. The summed E-state index contributed by atoms with van der Waals surface area (Å²) >= 11 is 0. The molecule has 1 atom stereocenters. The molecule has 0 aromatic carbocycles. The summed E-state index contributed by atoms with van der Waals surface area (Å²) in [5.74, 6) is 0.0245. The summed E-state index contributed by atoms with van der Waals surface area (Å²) in [4.78, 5) is 6.08. The minimum Gasteiger partial charge on any atom is -0.380 e. The summed E-state index contributed by atoms with van der Waals surface area (Å²) in [6.07, 6.45) is 3.22. The molecular weight excluding hydrogens is 323 g/mol. The van der Waals surface area contributed by atoms with Gasteiger partial charge in [0.05, 0.1) is 23.6 Å². The second-order valence-corrected chi connectivity index (χ2v) is 6.15. The highest BCUT2D eigenvalue weighted by molar-refractivity contribution is 5.40. The number of aliphatic hydroxyl groups is 1. The molecule has 0 unspecified atom stereocenters. The normalized spacial score (nSPS) is 15.7. The molecular formula is C17H19FN6O. The first kappa shape index (κ1) is 15.8. The van der Waals surface area contributed by atoms with Crippen molar-refractivity contribution in [2.75, 3.05) is 11.4 Å². The lowest BCUT2D eigenvalue weighted by Gasteiger charge is -2.21. The van der Waals surface area contributed by atoms with E-state index in [2.05, 4.69) is 15.2 Å². The van der Waals surface area contributed by atoms with Crippen molar-refractivity contribution in [2.45, 2.75) is 25.6 Å². The largest absolute Gasteiger partial charge is 0.380 e. The maximum atomic E-state index is 14.1. The zero-order valence-corrected chi connectivity index (χ0v) is 13.9. The van der Waals surface area contributed by atoms with E-state index in [9.17, 15) is 9.50 Å². The van der Waals surface area contributed by atoms with Crippen molar-refractivity contribution in [2.24, 2.45) is 7.05 Å². The Morgan fingerprint density at radius 3 is 2.88 bits per heavy atom. The minimum atomic E-state index is -0.841. The third-order valence-electron chi connectivity index (χ3n) is 4.49. The zero-order valence-electron chi connectivity index (χ0n) is 13.9. The number of fused-ring (bicyclic) bond motifs is 1. The van der Waals surface area contributed by atoms with E-state index < -0.39 is 6.10 Å². The number of hydrogen-bond acceptors (Lipinski definition) is 5. The first-order chi connectivity index (χ1) is 12.1. The standard InChI is InChI=1S/C17H19FN6O/c1-22-15(5-7-20-22)16(25)14-10-12-11-23(8-3-9-24(12)21-14)17-13(18)4-2-6-19-17/h2,4-7,10,16,25H,3,8-9,11H2,1H3/t16-/m0/s1. The molecule has 0 aliphatic carbocycles. The number of nitrogens with zero attached hydrogens (tertiary/aromatic N) is 6. The number of aliphatic hydroxyl groups excluding tert-OH is 1. The van der Waals surface area contributed by atoms with Crippen LogP contribution in [-0.2, 0) is 20.1 Å². The number of rotatable bonds is 3. The van der Waals surface area contributed by atoms with Gasteiger partial charge < -0.3 is 10.0 Å². The molecule has 4 heterocycles. The van der Waals surface area contributed by atoms with Gasteiger partial charge in [-0.2, -0.15) is 10.2 Å². The quantitative estimate of drug-likeness (QED) is 0.783. The van der Waals surface area contributed by atoms with Crippen LogP contribution in [-0.4, -0.2) is 36.2 Å². The average Bonchev–Trinajstić information content (AvgIpc) is 3.16. The van der Waals surface area contributed by atoms with Crippen molar-refractivity contribution in [1.82, 2.24) is 24.5 Å². The molecule has 0 saturated heterocycles. The molecule has 1 aliphatic rings. The Morgan fingerprint density at radius 2 is 2.12 bits per heavy atom. The molecule has 3 aromatic heterocycles. The lowest BCUT2D eigenvalue weighted by atomic mass is 10.2. The average molecular weight is 342 g/mol. The number of aromatic nitrogens is 5. The third kappa shape index (κ3) is 2.89. The van der Waals surface area contributed by atoms with Crippen LogP contribution in [0.1, 0.15) is 29.6 Å². The van der Waals surface area contributed by atoms with E-state index >= 15 is 0 Å². The van der Waals surface area contributed by atoms with Crippen molar-refractivity contribution >= 4 is 5.82 Å². The fourth-order valence-electron chi connectivity index (χ4n) is 3.21. The monoisotopic (exact) mass is 342 g/mol. The van der Waals surface area contributed by atoms with Crippen LogP contribution in [0.15, 0.2) is 36.7 Å². The molecule has 0 radical (unpaired) electrons. The van der Waals surface area contributed by atoms with Gasteiger partial charge >= 0.3 is 0 Å². The molecule has 0 bridgehead atoms. The molecule has 0 fully saturated rings. The van der Waals surface area contributed by atoms with Crippen LogP contribution < -0.4 is 4.90 Å². The molecule has 0 amide bonds. The molecule has 25 heavy (non-hydrogen) atoms. The van der Waals surface area contributed by atoms with Gasteiger partial charge in [-0.15, -0.1) is 0 Å². The van der Waals surface area contributed by atoms with Crippen LogP contribution in [0.25, 0.3) is 0 Å². The Hall–Kier alpha value is -2.74. The molecule has 130 valence electrons. The zero-order chi connectivity index (χ0) is 17.4. The molecule has 3 aromatic rings. The van der Waals surface area contributed by atoms with E-state index in [4.69, 9.17) is 0 Å². The van der Waals surface area contributed by atoms with Crippen molar-refractivity contribution in [3.8, 4) is 0 Å². The predicted molar refractivity (Wildman–Crippen MR) is 89.4 cm³/mol. The Bertz CT molecular complexity index is 889. The van der Waals surface area contributed by atoms with Crippen LogP contribution >= 0.6 is 0 Å². The van der Waals surface area contributed by atoms with Gasteiger partial charge in [0.15, 0.2) is 11.6 Å². The molecule has 1 aliphatic heterocycles. The van der Waals surface area contributed by atoms with Gasteiger partial charge in [-0.05, 0) is 30.7 Å². The van der Waals surface area contributed by atoms with E-state index in [1.807, 2.05) is 15.6 Å². The van der Waals surface area contributed by atoms with Crippen LogP contribution in [0.4, 0.5) is 10.2 Å². The summed E-state index contributed by atoms with van der Waals surface area (Å²) in [7, 11) is 1.78. The van der Waals surface area contributed by atoms with Crippen LogP contribution in [0, 0.1) is 5.82 Å². The Kier molecular flexibility index (Phi) is 3.96. The summed E-state index contributed by atoms with van der Waals surface area (Å²) in [5, 5.41) is 19.2. The van der Waals surface area contributed by atoms with Gasteiger partial charge in [-0.25, -0.2) is 9.37 Å². The van der Waals surface area contributed by atoms with Crippen molar-refractivity contribution < 1.29 is 9.50 Å². The molecule has 4 rings (SSSR count). The van der Waals surface area contributed by atoms with Gasteiger partial charge in [-0.3, -0.25) is 9.36 Å². The molecule has 7 nitrogen and oxygen atoms in total. The lowest BCUT2D eigenvalue weighted by molar-refractivity contribution is 0.203. The number of halogens is 1. The summed E-state index contributed by atoms with van der Waals surface area (Å²) in [5.41, 5.74) is 2.18. The van der Waals surface area contributed by atoms with E-state index in [1.165, 1.54) is 6.07 Å². The number of pyridine rings is 1. The van der Waals surface area contributed by atoms with E-state index in [0.29, 0.717) is 30.3 Å². The minimum absolute atomic E-state index is 0.328. The first-order valence-corrected chi connectivity index (χ1v) is 8.21. The highest BCUT2D eigenvalue weighted by atomic mass is 19.1. The number of anilines is 1. The third-order valence-corrected chi connectivity index (χ3v) is 4.49. The van der Waals surface area contributed by atoms with Gasteiger partial charge in [0.1, 0.15) is 6.10 Å². The van der Waals surface area contributed by atoms with Gasteiger partial charge in [0.2, 0.25) is 0 Å². The highest BCUT2D eigenvalue weighted by Gasteiger charge is 2.23. The maximum Gasteiger partial charge on any atom is 0.165 e. The Balaban J connectivity index is 1.63. The van der Waals surface area contributed by atoms with Crippen molar-refractivity contribution in [1.29, 1.82) is 0 Å². The molecule has 0 saturated carbocycles. The van der Waals surface area contributed by atoms with E-state index in [1.54, 1.807) is 36.3 Å². The predicted octanol–water partition coefficient (Wildman–Crippen LogP) is 1.64. The van der Waals surface area contributed by atoms with Gasteiger partial charge in [-0.1, -0.05) is 0 Å². The fraction of sp³-hybridized carbons (Fsp3) is 0.353. The summed E-state index contributed by atoms with van der Waals surface area (Å²) in [6.45, 7) is 1.92. The Morgan fingerprint density at radius 1 is 1.24 bits per heavy atom. The smallest absolute Gasteiger partial charge is 0.165 e. The number of hydrogen-bond donors (Lipinski definition) is 1. The second kappa shape index (κ2) is 6.29. The van der Waals surface area contributed by atoms with Gasteiger partial charge in [0.25, 0.3) is 0 Å². The van der Waals surface area contributed by atoms with Crippen LogP contribution in [0.2, 0.25) is 0 Å².